The normalized spacial score (nSPS) is 12.3. The molecule has 0 saturated heterocycles. The Morgan fingerprint density at radius 2 is 1.68 bits per heavy atom. The number of methoxy groups -OCH3 is 2. The van der Waals surface area contributed by atoms with Gasteiger partial charge in [0.1, 0.15) is 5.75 Å². The molecule has 0 fully saturated rings. The molecule has 1 unspecified atom stereocenters. The fourth-order valence-corrected chi connectivity index (χ4v) is 4.52. The molecule has 4 aromatic rings. The van der Waals surface area contributed by atoms with E-state index in [9.17, 15) is 22.5 Å². The monoisotopic (exact) mass is 530 g/mol. The fourth-order valence-electron chi connectivity index (χ4n) is 3.50. The topological polar surface area (TPSA) is 102 Å². The number of benzene rings is 1. The lowest BCUT2D eigenvalue weighted by atomic mass is 10.1. The first-order valence-electron chi connectivity index (χ1n) is 10.8. The Kier molecular flexibility index (Phi) is 7.79. The van der Waals surface area contributed by atoms with Crippen molar-refractivity contribution in [3.63, 3.8) is 0 Å². The highest BCUT2D eigenvalue weighted by atomic mass is 32.2. The standard InChI is InChI=1S/C25H21F3N4O4S/c1-35-20-5-3-17(11-21(20)36-2)13-32-14-18(4-6-23(32)33)19-12-22(25(26,27)28)31-24(30-19)37(34)15-16-7-9-29-10-8-16/h3-12,14H,13,15H2,1-2H3. The maximum absolute atomic E-state index is 13.6. The summed E-state index contributed by atoms with van der Waals surface area (Å²) in [4.78, 5) is 24.1. The highest BCUT2D eigenvalue weighted by Crippen LogP contribution is 2.32. The molecule has 37 heavy (non-hydrogen) atoms. The van der Waals surface area contributed by atoms with Crippen LogP contribution in [-0.4, -0.2) is 38.3 Å². The molecular weight excluding hydrogens is 509 g/mol. The third kappa shape index (κ3) is 6.27. The average Bonchev–Trinajstić information content (AvgIpc) is 2.89. The molecule has 0 bridgehead atoms. The number of halogens is 3. The lowest BCUT2D eigenvalue weighted by molar-refractivity contribution is -0.141. The number of ether oxygens (including phenoxy) is 2. The van der Waals surface area contributed by atoms with Gasteiger partial charge in [0.25, 0.3) is 5.56 Å². The van der Waals surface area contributed by atoms with Crippen molar-refractivity contribution in [2.24, 2.45) is 0 Å². The summed E-state index contributed by atoms with van der Waals surface area (Å²) in [7, 11) is 2.98. The summed E-state index contributed by atoms with van der Waals surface area (Å²) in [6.07, 6.45) is -0.405. The molecule has 1 aromatic carbocycles. The molecule has 8 nitrogen and oxygen atoms in total. The van der Waals surface area contributed by atoms with E-state index >= 15 is 0 Å². The first-order chi connectivity index (χ1) is 17.7. The van der Waals surface area contributed by atoms with Crippen LogP contribution >= 0.6 is 0 Å². The van der Waals surface area contributed by atoms with Crippen LogP contribution in [0.25, 0.3) is 11.3 Å². The molecule has 3 heterocycles. The van der Waals surface area contributed by atoms with E-state index in [0.717, 1.165) is 6.07 Å². The van der Waals surface area contributed by atoms with Crippen molar-refractivity contribution in [1.82, 2.24) is 19.5 Å². The molecule has 3 aromatic heterocycles. The summed E-state index contributed by atoms with van der Waals surface area (Å²) in [5.74, 6) is 0.902. The van der Waals surface area contributed by atoms with E-state index in [2.05, 4.69) is 15.0 Å². The van der Waals surface area contributed by atoms with Gasteiger partial charge in [-0.05, 0) is 42.0 Å². The van der Waals surface area contributed by atoms with Crippen molar-refractivity contribution in [1.29, 1.82) is 0 Å². The second-order valence-corrected chi connectivity index (χ2v) is 9.18. The second kappa shape index (κ2) is 11.0. The minimum atomic E-state index is -4.79. The van der Waals surface area contributed by atoms with Gasteiger partial charge in [0.15, 0.2) is 17.2 Å². The molecule has 0 aliphatic heterocycles. The lowest BCUT2D eigenvalue weighted by Gasteiger charge is -2.14. The number of hydrogen-bond donors (Lipinski definition) is 0. The highest BCUT2D eigenvalue weighted by molar-refractivity contribution is 7.90. The Balaban J connectivity index is 1.71. The summed E-state index contributed by atoms with van der Waals surface area (Å²) in [5, 5.41) is -0.459. The molecule has 0 saturated carbocycles. The molecule has 192 valence electrons. The van der Waals surface area contributed by atoms with Gasteiger partial charge in [0.05, 0.1) is 26.5 Å². The van der Waals surface area contributed by atoms with Crippen LogP contribution in [0.2, 0.25) is 0 Å². The fraction of sp³-hybridized carbons (Fsp3) is 0.200. The molecule has 1 atom stereocenters. The van der Waals surface area contributed by atoms with Gasteiger partial charge >= 0.3 is 11.3 Å². The van der Waals surface area contributed by atoms with Crippen molar-refractivity contribution in [2.45, 2.75) is 23.6 Å². The van der Waals surface area contributed by atoms with Crippen LogP contribution in [0, 0.1) is 0 Å². The van der Waals surface area contributed by atoms with Gasteiger partial charge in [-0.2, -0.15) is 23.1 Å². The average molecular weight is 531 g/mol. The highest BCUT2D eigenvalue weighted by Gasteiger charge is 2.35. The number of alkyl halides is 3. The summed E-state index contributed by atoms with van der Waals surface area (Å²) in [5.41, 5.74) is -0.163. The molecule has 0 N–H and O–H groups in total. The van der Waals surface area contributed by atoms with E-state index in [1.807, 2.05) is 0 Å². The van der Waals surface area contributed by atoms with E-state index in [1.165, 1.54) is 49.5 Å². The SMILES string of the molecule is COc1ccc(Cn2cc(-c3cc(C(F)(F)F)nc([S+]([O-])Cc4ccncc4)n3)ccc2=O)cc1OC. The minimum Gasteiger partial charge on any atom is -0.609 e. The van der Waals surface area contributed by atoms with Crippen molar-refractivity contribution < 1.29 is 27.2 Å². The second-order valence-electron chi connectivity index (χ2n) is 7.84. The predicted octanol–water partition coefficient (Wildman–Crippen LogP) is 4.09. The third-order valence-electron chi connectivity index (χ3n) is 5.33. The van der Waals surface area contributed by atoms with Gasteiger partial charge in [-0.25, -0.2) is 0 Å². The largest absolute Gasteiger partial charge is 0.609 e. The van der Waals surface area contributed by atoms with Gasteiger partial charge in [-0.3, -0.25) is 9.78 Å². The Hall–Kier alpha value is -3.90. The number of rotatable bonds is 8. The van der Waals surface area contributed by atoms with Crippen LogP contribution in [-0.2, 0) is 29.6 Å². The Bertz CT molecular complexity index is 1450. The van der Waals surface area contributed by atoms with E-state index in [-0.39, 0.29) is 29.1 Å². The third-order valence-corrected chi connectivity index (χ3v) is 6.51. The van der Waals surface area contributed by atoms with Crippen LogP contribution < -0.4 is 15.0 Å². The van der Waals surface area contributed by atoms with Crippen LogP contribution in [0.4, 0.5) is 13.2 Å². The van der Waals surface area contributed by atoms with Gasteiger partial charge in [0.2, 0.25) is 0 Å². The summed E-state index contributed by atoms with van der Waals surface area (Å²) < 4.78 is 65.6. The first-order valence-corrected chi connectivity index (χ1v) is 12.1. The predicted molar refractivity (Wildman–Crippen MR) is 130 cm³/mol. The van der Waals surface area contributed by atoms with E-state index in [0.29, 0.717) is 22.6 Å². The molecule has 4 rings (SSSR count). The molecule has 12 heteroatoms. The van der Waals surface area contributed by atoms with Gasteiger partial charge in [0, 0.05) is 47.0 Å². The molecule has 0 spiro atoms. The smallest absolute Gasteiger partial charge is 0.433 e. The van der Waals surface area contributed by atoms with Gasteiger partial charge in [-0.1, -0.05) is 6.07 Å². The lowest BCUT2D eigenvalue weighted by Crippen LogP contribution is -2.20. The van der Waals surface area contributed by atoms with Crippen LogP contribution in [0.1, 0.15) is 16.8 Å². The van der Waals surface area contributed by atoms with Crippen molar-refractivity contribution in [3.05, 3.63) is 94.3 Å². The van der Waals surface area contributed by atoms with Crippen molar-refractivity contribution >= 4 is 11.2 Å². The number of hydrogen-bond acceptors (Lipinski definition) is 7. The Morgan fingerprint density at radius 1 is 0.946 bits per heavy atom. The molecule has 0 aliphatic rings. The van der Waals surface area contributed by atoms with E-state index < -0.39 is 28.2 Å². The van der Waals surface area contributed by atoms with Crippen LogP contribution in [0.15, 0.2) is 77.1 Å². The van der Waals surface area contributed by atoms with E-state index in [4.69, 9.17) is 9.47 Å². The minimum absolute atomic E-state index is 0.0813. The zero-order valence-corrected chi connectivity index (χ0v) is 20.5. The molecule has 0 radical (unpaired) electrons. The molecule has 0 amide bonds. The number of nitrogens with zero attached hydrogens (tertiary/aromatic N) is 4. The summed E-state index contributed by atoms with van der Waals surface area (Å²) in [6, 6.07) is 11.7. The van der Waals surface area contributed by atoms with Crippen LogP contribution in [0.3, 0.4) is 0 Å². The van der Waals surface area contributed by atoms with Gasteiger partial charge < -0.3 is 18.6 Å². The van der Waals surface area contributed by atoms with Crippen LogP contribution in [0.5, 0.6) is 11.5 Å². The quantitative estimate of drug-likeness (QED) is 0.250. The number of pyridine rings is 2. The molecular formula is C25H21F3N4O4S. The van der Waals surface area contributed by atoms with Crippen molar-refractivity contribution in [2.75, 3.05) is 14.2 Å². The maximum atomic E-state index is 13.6. The van der Waals surface area contributed by atoms with Gasteiger partial charge in [-0.15, -0.1) is 0 Å². The van der Waals surface area contributed by atoms with E-state index in [1.54, 1.807) is 30.3 Å². The molecule has 0 aliphatic carbocycles. The van der Waals surface area contributed by atoms with Crippen molar-refractivity contribution in [3.8, 4) is 22.8 Å². The zero-order valence-electron chi connectivity index (χ0n) is 19.7. The number of aromatic nitrogens is 4. The first kappa shape index (κ1) is 26.2. The Morgan fingerprint density at radius 3 is 2.35 bits per heavy atom. The Labute approximate surface area is 212 Å². The maximum Gasteiger partial charge on any atom is 0.433 e. The summed E-state index contributed by atoms with van der Waals surface area (Å²) in [6.45, 7) is 0.116. The summed E-state index contributed by atoms with van der Waals surface area (Å²) >= 11 is -1.96. The zero-order chi connectivity index (χ0) is 26.6.